The van der Waals surface area contributed by atoms with E-state index in [-0.39, 0.29) is 17.2 Å². The Kier molecular flexibility index (Phi) is 3.42. The molecule has 0 aliphatic carbocycles. The molecule has 1 atom stereocenters. The van der Waals surface area contributed by atoms with Gasteiger partial charge >= 0.3 is 5.97 Å². The van der Waals surface area contributed by atoms with Crippen molar-refractivity contribution < 1.29 is 9.90 Å². The number of benzene rings is 1. The van der Waals surface area contributed by atoms with Crippen LogP contribution in [0, 0.1) is 6.92 Å². The molecule has 0 fully saturated rings. The van der Waals surface area contributed by atoms with E-state index < -0.39 is 5.97 Å². The molecule has 4 rings (SSSR count). The zero-order valence-electron chi connectivity index (χ0n) is 12.8. The molecule has 3 aromatic rings. The zero-order chi connectivity index (χ0) is 16.8. The number of hydrogen-bond donors (Lipinski definition) is 1. The predicted molar refractivity (Wildman–Crippen MR) is 89.8 cm³/mol. The second-order valence-electron chi connectivity index (χ2n) is 5.78. The van der Waals surface area contributed by atoms with E-state index in [0.717, 1.165) is 11.3 Å². The van der Waals surface area contributed by atoms with Gasteiger partial charge in [-0.15, -0.1) is 0 Å². The Labute approximate surface area is 140 Å². The molecule has 0 bridgehead atoms. The fourth-order valence-corrected chi connectivity index (χ4v) is 4.05. The van der Waals surface area contributed by atoms with E-state index in [1.807, 2.05) is 31.2 Å². The molecule has 0 radical (unpaired) electrons. The average Bonchev–Trinajstić information content (AvgIpc) is 3.11. The van der Waals surface area contributed by atoms with E-state index in [0.29, 0.717) is 22.7 Å². The van der Waals surface area contributed by atoms with Crippen molar-refractivity contribution in [3.05, 3.63) is 46.4 Å². The Balaban J connectivity index is 1.84. The summed E-state index contributed by atoms with van der Waals surface area (Å²) in [5.74, 6) is -0.871. The van der Waals surface area contributed by atoms with Crippen molar-refractivity contribution >= 4 is 28.8 Å². The van der Waals surface area contributed by atoms with Crippen LogP contribution < -0.4 is 5.56 Å². The number of carboxylic acids is 1. The highest BCUT2D eigenvalue weighted by Gasteiger charge is 2.28. The minimum Gasteiger partial charge on any atom is -0.481 e. The van der Waals surface area contributed by atoms with Gasteiger partial charge in [0.25, 0.3) is 5.56 Å². The van der Waals surface area contributed by atoms with Gasteiger partial charge in [-0.2, -0.15) is 5.10 Å². The molecule has 1 aliphatic heterocycles. The summed E-state index contributed by atoms with van der Waals surface area (Å²) in [6.45, 7) is 2.35. The summed E-state index contributed by atoms with van der Waals surface area (Å²) in [6, 6.07) is 7.79. The Morgan fingerprint density at radius 2 is 2.29 bits per heavy atom. The maximum atomic E-state index is 12.7. The summed E-state index contributed by atoms with van der Waals surface area (Å²) in [4.78, 5) is 28.2. The van der Waals surface area contributed by atoms with Gasteiger partial charge in [-0.25, -0.2) is 9.67 Å². The Bertz CT molecular complexity index is 1020. The van der Waals surface area contributed by atoms with Gasteiger partial charge in [0, 0.05) is 11.8 Å². The average molecular weight is 342 g/mol. The van der Waals surface area contributed by atoms with E-state index >= 15 is 0 Å². The minimum absolute atomic E-state index is 0.00775. The predicted octanol–water partition coefficient (Wildman–Crippen LogP) is 1.84. The van der Waals surface area contributed by atoms with Crippen LogP contribution in [0.25, 0.3) is 16.7 Å². The topological polar surface area (TPSA) is 90.0 Å². The van der Waals surface area contributed by atoms with Crippen molar-refractivity contribution in [3.8, 4) is 5.69 Å². The van der Waals surface area contributed by atoms with Crippen LogP contribution in [0.5, 0.6) is 0 Å². The number of hydrogen-bond acceptors (Lipinski definition) is 5. The fourth-order valence-electron chi connectivity index (χ4n) is 2.87. The Morgan fingerprint density at radius 1 is 1.46 bits per heavy atom. The quantitative estimate of drug-likeness (QED) is 0.731. The van der Waals surface area contributed by atoms with Crippen LogP contribution in [0.4, 0.5) is 0 Å². The molecule has 0 spiro atoms. The molecule has 1 N–H and O–H groups in total. The molecule has 7 nitrogen and oxygen atoms in total. The van der Waals surface area contributed by atoms with Crippen molar-refractivity contribution in [1.29, 1.82) is 0 Å². The summed E-state index contributed by atoms with van der Waals surface area (Å²) < 4.78 is 3.19. The van der Waals surface area contributed by atoms with Crippen molar-refractivity contribution in [2.24, 2.45) is 0 Å². The minimum atomic E-state index is -0.871. The third kappa shape index (κ3) is 2.39. The van der Waals surface area contributed by atoms with Crippen LogP contribution in [0.15, 0.2) is 40.4 Å². The maximum absolute atomic E-state index is 12.7. The number of carboxylic acid groups (broad SMARTS) is 1. The lowest BCUT2D eigenvalue weighted by atomic mass is 10.2. The number of fused-ring (bicyclic) bond motifs is 2. The van der Waals surface area contributed by atoms with Gasteiger partial charge in [-0.1, -0.05) is 23.9 Å². The van der Waals surface area contributed by atoms with Gasteiger partial charge in [0.2, 0.25) is 0 Å². The van der Waals surface area contributed by atoms with Crippen molar-refractivity contribution in [3.63, 3.8) is 0 Å². The standard InChI is InChI=1S/C16H14N4O3S/c1-9-3-2-4-10(5-9)20-14-12(7-17-20)15(23)19-8-11(6-13(21)22)24-16(19)18-14/h2-5,7,11H,6,8H2,1H3,(H,21,22). The SMILES string of the molecule is Cc1cccc(-n2ncc3c(=O)n4c(nc32)SC(CC(=O)O)C4)c1. The molecule has 1 unspecified atom stereocenters. The highest BCUT2D eigenvalue weighted by molar-refractivity contribution is 8.00. The van der Waals surface area contributed by atoms with Crippen molar-refractivity contribution in [1.82, 2.24) is 19.3 Å². The Hall–Kier alpha value is -2.61. The van der Waals surface area contributed by atoms with Crippen LogP contribution in [-0.2, 0) is 11.3 Å². The molecular weight excluding hydrogens is 328 g/mol. The maximum Gasteiger partial charge on any atom is 0.304 e. The third-order valence-electron chi connectivity index (χ3n) is 3.96. The monoisotopic (exact) mass is 342 g/mol. The van der Waals surface area contributed by atoms with Crippen LogP contribution in [-0.4, -0.2) is 35.7 Å². The van der Waals surface area contributed by atoms with Crippen molar-refractivity contribution in [2.45, 2.75) is 30.3 Å². The molecule has 24 heavy (non-hydrogen) atoms. The highest BCUT2D eigenvalue weighted by atomic mass is 32.2. The molecular formula is C16H14N4O3S. The first-order valence-electron chi connectivity index (χ1n) is 7.47. The molecule has 2 aromatic heterocycles. The molecule has 1 aliphatic rings. The first-order chi connectivity index (χ1) is 11.5. The lowest BCUT2D eigenvalue weighted by Crippen LogP contribution is -2.22. The van der Waals surface area contributed by atoms with Crippen LogP contribution in [0.2, 0.25) is 0 Å². The number of nitrogens with zero attached hydrogens (tertiary/aromatic N) is 4. The molecule has 0 saturated heterocycles. The van der Waals surface area contributed by atoms with E-state index in [9.17, 15) is 9.59 Å². The van der Waals surface area contributed by atoms with Gasteiger partial charge < -0.3 is 5.11 Å². The molecule has 3 heterocycles. The van der Waals surface area contributed by atoms with Gasteiger partial charge in [-0.3, -0.25) is 14.2 Å². The van der Waals surface area contributed by atoms with E-state index in [1.165, 1.54) is 18.0 Å². The summed E-state index contributed by atoms with van der Waals surface area (Å²) >= 11 is 1.33. The number of thioether (sulfide) groups is 1. The van der Waals surface area contributed by atoms with Gasteiger partial charge in [0.05, 0.1) is 18.3 Å². The molecule has 0 saturated carbocycles. The van der Waals surface area contributed by atoms with Gasteiger partial charge in [-0.05, 0) is 24.6 Å². The van der Waals surface area contributed by atoms with E-state index in [2.05, 4.69) is 10.1 Å². The second-order valence-corrected chi connectivity index (χ2v) is 7.05. The van der Waals surface area contributed by atoms with Crippen LogP contribution in [0.3, 0.4) is 0 Å². The highest BCUT2D eigenvalue weighted by Crippen LogP contribution is 2.32. The molecule has 122 valence electrons. The number of aromatic nitrogens is 4. The Morgan fingerprint density at radius 3 is 3.04 bits per heavy atom. The van der Waals surface area contributed by atoms with E-state index in [4.69, 9.17) is 5.11 Å². The summed E-state index contributed by atoms with van der Waals surface area (Å²) in [5.41, 5.74) is 2.26. The zero-order valence-corrected chi connectivity index (χ0v) is 13.7. The van der Waals surface area contributed by atoms with Crippen LogP contribution in [0.1, 0.15) is 12.0 Å². The molecule has 8 heteroatoms. The second kappa shape index (κ2) is 5.48. The summed E-state index contributed by atoms with van der Waals surface area (Å²) in [7, 11) is 0. The first kappa shape index (κ1) is 14.9. The molecule has 1 aromatic carbocycles. The molecule has 0 amide bonds. The lowest BCUT2D eigenvalue weighted by molar-refractivity contribution is -0.137. The first-order valence-corrected chi connectivity index (χ1v) is 8.35. The normalized spacial score (nSPS) is 16.5. The summed E-state index contributed by atoms with van der Waals surface area (Å²) in [5, 5.41) is 14.1. The largest absolute Gasteiger partial charge is 0.481 e. The number of carbonyl (C=O) groups is 1. The number of rotatable bonds is 3. The number of aliphatic carboxylic acids is 1. The fraction of sp³-hybridized carbons (Fsp3) is 0.250. The van der Waals surface area contributed by atoms with E-state index in [1.54, 1.807) is 9.25 Å². The lowest BCUT2D eigenvalue weighted by Gasteiger charge is -2.05. The summed E-state index contributed by atoms with van der Waals surface area (Å²) in [6.07, 6.45) is 1.53. The third-order valence-corrected chi connectivity index (χ3v) is 5.13. The van der Waals surface area contributed by atoms with Crippen molar-refractivity contribution in [2.75, 3.05) is 0 Å². The van der Waals surface area contributed by atoms with Gasteiger partial charge in [0.1, 0.15) is 5.39 Å². The van der Waals surface area contributed by atoms with Gasteiger partial charge in [0.15, 0.2) is 10.8 Å². The smallest absolute Gasteiger partial charge is 0.304 e. The number of aryl methyl sites for hydroxylation is 1. The van der Waals surface area contributed by atoms with Crippen LogP contribution >= 0.6 is 11.8 Å².